The van der Waals surface area contributed by atoms with Gasteiger partial charge >= 0.3 is 6.03 Å². The van der Waals surface area contributed by atoms with Gasteiger partial charge in [0.25, 0.3) is 0 Å². The van der Waals surface area contributed by atoms with Gasteiger partial charge in [0, 0.05) is 19.6 Å². The fourth-order valence-electron chi connectivity index (χ4n) is 3.37. The largest absolute Gasteiger partial charge is 0.338 e. The molecule has 2 aliphatic heterocycles. The molecule has 0 aliphatic carbocycles. The number of carbonyl (C=O) groups is 1. The highest BCUT2D eigenvalue weighted by atomic mass is 16.2. The van der Waals surface area contributed by atoms with Gasteiger partial charge in [-0.3, -0.25) is 0 Å². The van der Waals surface area contributed by atoms with Crippen molar-refractivity contribution in [1.82, 2.24) is 15.5 Å². The van der Waals surface area contributed by atoms with E-state index in [1.54, 1.807) is 0 Å². The number of hydrogen-bond acceptors (Lipinski definition) is 2. The summed E-state index contributed by atoms with van der Waals surface area (Å²) in [6, 6.07) is 0.00357. The standard InChI is InChI=1S/C14H27N3O/c1-11-4-6-17(2)10-13(7-11)8-12-3-5-15-14(18)16-9-12/h11-13H,3-10H2,1-2H3,(H2,15,16,18). The minimum atomic E-state index is 0.00357. The Bertz CT molecular complexity index is 270. The maximum Gasteiger partial charge on any atom is 0.314 e. The number of nitrogens with zero attached hydrogens (tertiary/aromatic N) is 1. The molecule has 0 bridgehead atoms. The molecule has 0 aromatic heterocycles. The normalized spacial score (nSPS) is 35.2. The third-order valence-corrected chi connectivity index (χ3v) is 4.37. The van der Waals surface area contributed by atoms with Crippen LogP contribution in [0, 0.1) is 17.8 Å². The molecule has 18 heavy (non-hydrogen) atoms. The summed E-state index contributed by atoms with van der Waals surface area (Å²) in [6.07, 6.45) is 5.06. The van der Waals surface area contributed by atoms with Crippen molar-refractivity contribution in [2.24, 2.45) is 17.8 Å². The second-order valence-corrected chi connectivity index (χ2v) is 6.29. The molecular weight excluding hydrogens is 226 g/mol. The number of likely N-dealkylation sites (tertiary alicyclic amines) is 1. The fraction of sp³-hybridized carbons (Fsp3) is 0.929. The number of carbonyl (C=O) groups excluding carboxylic acids is 1. The molecule has 4 heteroatoms. The third kappa shape index (κ3) is 4.16. The first-order valence-corrected chi connectivity index (χ1v) is 7.33. The van der Waals surface area contributed by atoms with Gasteiger partial charge in [-0.2, -0.15) is 0 Å². The summed E-state index contributed by atoms with van der Waals surface area (Å²) in [5.41, 5.74) is 0. The van der Waals surface area contributed by atoms with Crippen LogP contribution in [0.2, 0.25) is 0 Å². The summed E-state index contributed by atoms with van der Waals surface area (Å²) >= 11 is 0. The Hall–Kier alpha value is -0.770. The second-order valence-electron chi connectivity index (χ2n) is 6.29. The van der Waals surface area contributed by atoms with Crippen LogP contribution in [0.4, 0.5) is 4.79 Å². The van der Waals surface area contributed by atoms with E-state index in [4.69, 9.17) is 0 Å². The molecule has 3 atom stereocenters. The van der Waals surface area contributed by atoms with E-state index in [0.717, 1.165) is 31.3 Å². The summed E-state index contributed by atoms with van der Waals surface area (Å²) in [7, 11) is 2.24. The van der Waals surface area contributed by atoms with Gasteiger partial charge in [-0.05, 0) is 57.0 Å². The lowest BCUT2D eigenvalue weighted by molar-refractivity contribution is 0.240. The lowest BCUT2D eigenvalue weighted by Crippen LogP contribution is -2.34. The van der Waals surface area contributed by atoms with E-state index < -0.39 is 0 Å². The van der Waals surface area contributed by atoms with E-state index in [-0.39, 0.29) is 6.03 Å². The number of hydrogen-bond donors (Lipinski definition) is 2. The molecule has 4 nitrogen and oxygen atoms in total. The molecule has 0 saturated carbocycles. The molecule has 0 aromatic carbocycles. The summed E-state index contributed by atoms with van der Waals surface area (Å²) < 4.78 is 0. The molecule has 3 unspecified atom stereocenters. The van der Waals surface area contributed by atoms with Gasteiger partial charge in [-0.1, -0.05) is 6.92 Å². The summed E-state index contributed by atoms with van der Waals surface area (Å²) in [5, 5.41) is 5.84. The van der Waals surface area contributed by atoms with Crippen LogP contribution in [0.25, 0.3) is 0 Å². The first kappa shape index (κ1) is 13.7. The van der Waals surface area contributed by atoms with Gasteiger partial charge in [0.05, 0.1) is 0 Å². The van der Waals surface area contributed by atoms with E-state index in [1.165, 1.54) is 32.4 Å². The summed E-state index contributed by atoms with van der Waals surface area (Å²) in [5.74, 6) is 2.29. The van der Waals surface area contributed by atoms with Crippen molar-refractivity contribution in [1.29, 1.82) is 0 Å². The van der Waals surface area contributed by atoms with Crippen molar-refractivity contribution in [2.45, 2.75) is 32.6 Å². The van der Waals surface area contributed by atoms with Gasteiger partial charge in [0.15, 0.2) is 0 Å². The minimum absolute atomic E-state index is 0.00357. The highest BCUT2D eigenvalue weighted by Crippen LogP contribution is 2.27. The topological polar surface area (TPSA) is 44.4 Å². The summed E-state index contributed by atoms with van der Waals surface area (Å²) in [6.45, 7) is 6.51. The molecule has 2 saturated heterocycles. The predicted octanol–water partition coefficient (Wildman–Crippen LogP) is 1.67. The number of amides is 2. The van der Waals surface area contributed by atoms with E-state index in [0.29, 0.717) is 5.92 Å². The Kier molecular flexibility index (Phi) is 4.87. The molecule has 2 amide bonds. The van der Waals surface area contributed by atoms with Crippen LogP contribution in [0.5, 0.6) is 0 Å². The number of nitrogens with one attached hydrogen (secondary N) is 2. The average molecular weight is 253 g/mol. The Morgan fingerprint density at radius 1 is 1.28 bits per heavy atom. The molecular formula is C14H27N3O. The monoisotopic (exact) mass is 253 g/mol. The van der Waals surface area contributed by atoms with Gasteiger partial charge in [-0.25, -0.2) is 4.79 Å². The highest BCUT2D eigenvalue weighted by Gasteiger charge is 2.24. The molecule has 2 fully saturated rings. The van der Waals surface area contributed by atoms with Crippen LogP contribution in [0.1, 0.15) is 32.6 Å². The molecule has 104 valence electrons. The maximum atomic E-state index is 11.2. The quantitative estimate of drug-likeness (QED) is 0.786. The van der Waals surface area contributed by atoms with E-state index in [2.05, 4.69) is 29.5 Å². The smallest absolute Gasteiger partial charge is 0.314 e. The lowest BCUT2D eigenvalue weighted by Gasteiger charge is -2.24. The average Bonchev–Trinajstić information content (AvgIpc) is 2.60. The first-order chi connectivity index (χ1) is 8.63. The van der Waals surface area contributed by atoms with Gasteiger partial charge in [0.1, 0.15) is 0 Å². The zero-order chi connectivity index (χ0) is 13.0. The van der Waals surface area contributed by atoms with Crippen molar-refractivity contribution in [3.05, 3.63) is 0 Å². The molecule has 0 aromatic rings. The van der Waals surface area contributed by atoms with Crippen LogP contribution < -0.4 is 10.6 Å². The highest BCUT2D eigenvalue weighted by molar-refractivity contribution is 5.73. The summed E-state index contributed by atoms with van der Waals surface area (Å²) in [4.78, 5) is 13.7. The molecule has 2 aliphatic rings. The molecule has 2 rings (SSSR count). The van der Waals surface area contributed by atoms with Crippen molar-refractivity contribution < 1.29 is 4.79 Å². The third-order valence-electron chi connectivity index (χ3n) is 4.37. The number of rotatable bonds is 2. The first-order valence-electron chi connectivity index (χ1n) is 7.33. The van der Waals surface area contributed by atoms with Gasteiger partial charge in [0.2, 0.25) is 0 Å². The fourth-order valence-corrected chi connectivity index (χ4v) is 3.37. The number of urea groups is 1. The zero-order valence-electron chi connectivity index (χ0n) is 11.7. The van der Waals surface area contributed by atoms with Crippen LogP contribution in [0.15, 0.2) is 0 Å². The Morgan fingerprint density at radius 2 is 2.11 bits per heavy atom. The minimum Gasteiger partial charge on any atom is -0.338 e. The van der Waals surface area contributed by atoms with Crippen molar-refractivity contribution in [3.8, 4) is 0 Å². The predicted molar refractivity (Wildman–Crippen MR) is 73.5 cm³/mol. The van der Waals surface area contributed by atoms with Crippen molar-refractivity contribution >= 4 is 6.03 Å². The maximum absolute atomic E-state index is 11.2. The van der Waals surface area contributed by atoms with Crippen LogP contribution in [-0.2, 0) is 0 Å². The van der Waals surface area contributed by atoms with Gasteiger partial charge in [-0.15, -0.1) is 0 Å². The van der Waals surface area contributed by atoms with E-state index in [9.17, 15) is 4.79 Å². The molecule has 0 spiro atoms. The molecule has 2 heterocycles. The lowest BCUT2D eigenvalue weighted by atomic mass is 9.86. The SMILES string of the molecule is CC1CCN(C)CC(CC2CCNC(=O)NC2)C1. The van der Waals surface area contributed by atoms with Crippen LogP contribution >= 0.6 is 0 Å². The van der Waals surface area contributed by atoms with Crippen molar-refractivity contribution in [3.63, 3.8) is 0 Å². The van der Waals surface area contributed by atoms with Gasteiger partial charge < -0.3 is 15.5 Å². The second kappa shape index (κ2) is 6.41. The van der Waals surface area contributed by atoms with Crippen molar-refractivity contribution in [2.75, 3.05) is 33.2 Å². The zero-order valence-corrected chi connectivity index (χ0v) is 11.7. The Labute approximate surface area is 110 Å². The Morgan fingerprint density at radius 3 is 2.94 bits per heavy atom. The van der Waals surface area contributed by atoms with E-state index in [1.807, 2.05) is 0 Å². The molecule has 0 radical (unpaired) electrons. The Balaban J connectivity index is 1.84. The molecule has 2 N–H and O–H groups in total. The van der Waals surface area contributed by atoms with E-state index >= 15 is 0 Å². The van der Waals surface area contributed by atoms with Crippen LogP contribution in [0.3, 0.4) is 0 Å². The van der Waals surface area contributed by atoms with Crippen LogP contribution in [-0.4, -0.2) is 44.2 Å².